The SMILES string of the molecule is [OH+]=C(OCl)c1ccc(C(F)(F)F)cc1. The van der Waals surface area contributed by atoms with Gasteiger partial charge in [-0.1, -0.05) is 0 Å². The van der Waals surface area contributed by atoms with Gasteiger partial charge >= 0.3 is 24.0 Å². The maximum Gasteiger partial charge on any atom is 0.540 e. The molecule has 0 unspecified atom stereocenters. The van der Waals surface area contributed by atoms with Crippen LogP contribution < -0.4 is 0 Å². The van der Waals surface area contributed by atoms with Gasteiger partial charge in [0.1, 0.15) is 5.56 Å². The molecule has 0 aliphatic rings. The molecule has 0 bridgehead atoms. The summed E-state index contributed by atoms with van der Waals surface area (Å²) in [6.45, 7) is 0. The van der Waals surface area contributed by atoms with Crippen molar-refractivity contribution in [2.24, 2.45) is 0 Å². The summed E-state index contributed by atoms with van der Waals surface area (Å²) >= 11 is 4.81. The lowest BCUT2D eigenvalue weighted by Crippen LogP contribution is -2.06. The van der Waals surface area contributed by atoms with Crippen LogP contribution in [-0.2, 0) is 10.5 Å². The number of hydrogen-bond acceptors (Lipinski definition) is 1. The summed E-state index contributed by atoms with van der Waals surface area (Å²) in [5.41, 5.74) is -0.725. The van der Waals surface area contributed by atoms with E-state index in [2.05, 4.69) is 4.29 Å². The van der Waals surface area contributed by atoms with Crippen LogP contribution >= 0.6 is 11.9 Å². The second-order valence-electron chi connectivity index (χ2n) is 2.46. The third kappa shape index (κ3) is 2.38. The van der Waals surface area contributed by atoms with Gasteiger partial charge < -0.3 is 4.79 Å². The van der Waals surface area contributed by atoms with Crippen LogP contribution in [0.4, 0.5) is 13.2 Å². The largest absolute Gasteiger partial charge is 0.540 e. The molecular formula is C8H5ClF3O2+. The normalized spacial score (nSPS) is 11.1. The van der Waals surface area contributed by atoms with Crippen LogP contribution in [0.5, 0.6) is 0 Å². The van der Waals surface area contributed by atoms with E-state index >= 15 is 0 Å². The van der Waals surface area contributed by atoms with Crippen LogP contribution in [0.3, 0.4) is 0 Å². The summed E-state index contributed by atoms with van der Waals surface area (Å²) in [7, 11) is 0. The highest BCUT2D eigenvalue weighted by atomic mass is 35.5. The zero-order chi connectivity index (χ0) is 10.8. The van der Waals surface area contributed by atoms with Gasteiger partial charge in [0.2, 0.25) is 0 Å². The van der Waals surface area contributed by atoms with Crippen molar-refractivity contribution in [2.75, 3.05) is 0 Å². The zero-order valence-corrected chi connectivity index (χ0v) is 7.43. The predicted octanol–water partition coefficient (Wildman–Crippen LogP) is 2.73. The molecule has 1 N–H and O–H groups in total. The Morgan fingerprint density at radius 2 is 1.71 bits per heavy atom. The molecule has 1 aromatic rings. The lowest BCUT2D eigenvalue weighted by molar-refractivity contribution is -0.137. The standard InChI is InChI=1S/C8H4ClF3O2/c9-14-7(13)5-1-3-6(4-2-5)8(10,11)12/h1-4H/p+1. The Labute approximate surface area is 82.4 Å². The van der Waals surface area contributed by atoms with Gasteiger partial charge in [0.25, 0.3) is 0 Å². The van der Waals surface area contributed by atoms with Gasteiger partial charge in [0, 0.05) is 0 Å². The van der Waals surface area contributed by atoms with Crippen LogP contribution in [0, 0.1) is 0 Å². The van der Waals surface area contributed by atoms with Crippen molar-refractivity contribution in [2.45, 2.75) is 6.18 Å². The number of halogens is 4. The Hall–Kier alpha value is -1.23. The van der Waals surface area contributed by atoms with Gasteiger partial charge in [-0.25, -0.2) is 0 Å². The highest BCUT2D eigenvalue weighted by Gasteiger charge is 2.30. The van der Waals surface area contributed by atoms with E-state index in [1.54, 1.807) is 0 Å². The first-order valence-corrected chi connectivity index (χ1v) is 3.78. The highest BCUT2D eigenvalue weighted by Crippen LogP contribution is 2.29. The Bertz CT molecular complexity index is 331. The molecule has 0 spiro atoms. The molecule has 0 fully saturated rings. The molecule has 0 saturated carbocycles. The Morgan fingerprint density at radius 3 is 2.07 bits per heavy atom. The van der Waals surface area contributed by atoms with E-state index in [0.717, 1.165) is 24.3 Å². The average molecular weight is 226 g/mol. The molecule has 0 aliphatic carbocycles. The summed E-state index contributed by atoms with van der Waals surface area (Å²) in [4.78, 5) is 8.90. The Kier molecular flexibility index (Phi) is 3.00. The molecule has 0 aromatic heterocycles. The van der Waals surface area contributed by atoms with Crippen LogP contribution in [0.15, 0.2) is 24.3 Å². The van der Waals surface area contributed by atoms with E-state index in [-0.39, 0.29) is 5.56 Å². The molecule has 6 heteroatoms. The van der Waals surface area contributed by atoms with Gasteiger partial charge in [-0.05, 0) is 24.3 Å². The first-order valence-electron chi connectivity index (χ1n) is 3.47. The molecule has 76 valence electrons. The second kappa shape index (κ2) is 3.88. The second-order valence-corrected chi connectivity index (χ2v) is 2.61. The molecule has 1 aromatic carbocycles. The molecular weight excluding hydrogens is 221 g/mol. The third-order valence-corrected chi connectivity index (χ3v) is 1.68. The van der Waals surface area contributed by atoms with Crippen molar-refractivity contribution in [3.8, 4) is 0 Å². The van der Waals surface area contributed by atoms with E-state index in [1.165, 1.54) is 0 Å². The minimum Gasteiger partial charge on any atom is -0.334 e. The van der Waals surface area contributed by atoms with Crippen LogP contribution in [0.2, 0.25) is 0 Å². The van der Waals surface area contributed by atoms with E-state index in [0.29, 0.717) is 0 Å². The topological polar surface area (TPSA) is 30.6 Å². The van der Waals surface area contributed by atoms with E-state index in [4.69, 9.17) is 16.7 Å². The lowest BCUT2D eigenvalue weighted by Gasteiger charge is -2.04. The van der Waals surface area contributed by atoms with E-state index in [1.807, 2.05) is 0 Å². The fourth-order valence-corrected chi connectivity index (χ4v) is 0.935. The van der Waals surface area contributed by atoms with Crippen LogP contribution in [0.25, 0.3) is 0 Å². The van der Waals surface area contributed by atoms with Crippen molar-refractivity contribution in [1.82, 2.24) is 0 Å². The van der Waals surface area contributed by atoms with Crippen LogP contribution in [-0.4, -0.2) is 10.8 Å². The number of carbonyl (C=O) groups excluding carboxylic acids is 1. The summed E-state index contributed by atoms with van der Waals surface area (Å²) in [5.74, 6) is -0.639. The number of hydrogen-bond donors (Lipinski definition) is 0. The van der Waals surface area contributed by atoms with E-state index in [9.17, 15) is 13.2 Å². The minimum atomic E-state index is -4.39. The zero-order valence-electron chi connectivity index (χ0n) is 6.68. The molecule has 14 heavy (non-hydrogen) atoms. The first-order chi connectivity index (χ1) is 6.45. The quantitative estimate of drug-likeness (QED) is 0.676. The summed E-state index contributed by atoms with van der Waals surface area (Å²) in [6, 6.07) is 3.75. The first kappa shape index (κ1) is 10.8. The monoisotopic (exact) mass is 225 g/mol. The predicted molar refractivity (Wildman–Crippen MR) is 44.4 cm³/mol. The van der Waals surface area contributed by atoms with Crippen molar-refractivity contribution < 1.29 is 22.3 Å². The smallest absolute Gasteiger partial charge is 0.334 e. The maximum absolute atomic E-state index is 12.1. The van der Waals surface area contributed by atoms with Gasteiger partial charge in [-0.2, -0.15) is 17.5 Å². The Balaban J connectivity index is 2.95. The number of benzene rings is 1. The van der Waals surface area contributed by atoms with Crippen molar-refractivity contribution >= 4 is 17.8 Å². The van der Waals surface area contributed by atoms with Crippen molar-refractivity contribution in [3.05, 3.63) is 35.4 Å². The minimum absolute atomic E-state index is 0.0769. The molecule has 0 atom stereocenters. The van der Waals surface area contributed by atoms with Gasteiger partial charge in [-0.3, -0.25) is 0 Å². The molecule has 0 amide bonds. The maximum atomic E-state index is 12.1. The van der Waals surface area contributed by atoms with Gasteiger partial charge in [0.15, 0.2) is 0 Å². The third-order valence-electron chi connectivity index (χ3n) is 1.53. The lowest BCUT2D eigenvalue weighted by atomic mass is 10.1. The molecule has 0 aliphatic heterocycles. The fourth-order valence-electron chi connectivity index (χ4n) is 0.846. The highest BCUT2D eigenvalue weighted by molar-refractivity contribution is 6.15. The molecule has 0 radical (unpaired) electrons. The van der Waals surface area contributed by atoms with Crippen LogP contribution in [0.1, 0.15) is 11.1 Å². The Morgan fingerprint density at radius 1 is 1.21 bits per heavy atom. The molecule has 2 nitrogen and oxygen atoms in total. The van der Waals surface area contributed by atoms with Gasteiger partial charge in [-0.15, -0.1) is 0 Å². The summed E-state index contributed by atoms with van der Waals surface area (Å²) in [5, 5.41) is 0. The fraction of sp³-hybridized carbons (Fsp3) is 0.125. The summed E-state index contributed by atoms with van der Waals surface area (Å²) in [6.07, 6.45) is -4.39. The molecule has 1 rings (SSSR count). The van der Waals surface area contributed by atoms with Crippen molar-refractivity contribution in [3.63, 3.8) is 0 Å². The molecule has 0 heterocycles. The average Bonchev–Trinajstić information content (AvgIpc) is 2.15. The number of rotatable bonds is 1. The van der Waals surface area contributed by atoms with E-state index < -0.39 is 17.7 Å². The van der Waals surface area contributed by atoms with Gasteiger partial charge in [0.05, 0.1) is 5.56 Å². The number of alkyl halides is 3. The summed E-state index contributed by atoms with van der Waals surface area (Å²) < 4.78 is 40.2. The molecule has 0 saturated heterocycles. The van der Waals surface area contributed by atoms with Crippen molar-refractivity contribution in [1.29, 1.82) is 0 Å².